The molecule has 102 valence electrons. The number of fused-ring (bicyclic) bond motifs is 1. The minimum Gasteiger partial charge on any atom is -0.309 e. The third-order valence-corrected chi connectivity index (χ3v) is 4.98. The van der Waals surface area contributed by atoms with Crippen LogP contribution in [-0.4, -0.2) is 7.05 Å². The third-order valence-electron chi connectivity index (χ3n) is 3.76. The van der Waals surface area contributed by atoms with Gasteiger partial charge in [0.05, 0.1) is 6.04 Å². The zero-order chi connectivity index (χ0) is 14.1. The summed E-state index contributed by atoms with van der Waals surface area (Å²) in [5.41, 5.74) is 2.73. The number of aryl methyl sites for hydroxylation is 2. The predicted molar refractivity (Wildman–Crippen MR) is 88.6 cm³/mol. The van der Waals surface area contributed by atoms with Gasteiger partial charge in [0, 0.05) is 9.75 Å². The Kier molecular flexibility index (Phi) is 3.60. The number of rotatable bonds is 3. The van der Waals surface area contributed by atoms with Gasteiger partial charge >= 0.3 is 0 Å². The quantitative estimate of drug-likeness (QED) is 0.725. The summed E-state index contributed by atoms with van der Waals surface area (Å²) in [4.78, 5) is 2.79. The minimum atomic E-state index is 0.264. The summed E-state index contributed by atoms with van der Waals surface area (Å²) >= 11 is 1.89. The summed E-state index contributed by atoms with van der Waals surface area (Å²) in [6.45, 7) is 4.38. The van der Waals surface area contributed by atoms with Crippen molar-refractivity contribution in [3.05, 3.63) is 69.4 Å². The standard InChI is InChI=1S/C18H19NS/c1-12-11-13(2)20-18(12)17(19-3)16-10-6-8-14-7-4-5-9-15(14)16/h4-11,17,19H,1-3H3. The zero-order valence-corrected chi connectivity index (χ0v) is 12.9. The van der Waals surface area contributed by atoms with E-state index < -0.39 is 0 Å². The van der Waals surface area contributed by atoms with Crippen LogP contribution in [0.5, 0.6) is 0 Å². The molecule has 3 aromatic rings. The fourth-order valence-corrected chi connectivity index (χ4v) is 4.04. The Morgan fingerprint density at radius 3 is 2.45 bits per heavy atom. The molecule has 2 aromatic carbocycles. The van der Waals surface area contributed by atoms with Crippen LogP contribution in [0.4, 0.5) is 0 Å². The van der Waals surface area contributed by atoms with Crippen LogP contribution in [0.2, 0.25) is 0 Å². The molecule has 0 bridgehead atoms. The molecule has 2 heteroatoms. The zero-order valence-electron chi connectivity index (χ0n) is 12.1. The molecule has 1 N–H and O–H groups in total. The van der Waals surface area contributed by atoms with E-state index in [0.29, 0.717) is 0 Å². The Morgan fingerprint density at radius 2 is 1.75 bits per heavy atom. The molecule has 1 aromatic heterocycles. The van der Waals surface area contributed by atoms with Gasteiger partial charge in [-0.1, -0.05) is 42.5 Å². The Hall–Kier alpha value is -1.64. The molecule has 0 aliphatic rings. The maximum Gasteiger partial charge on any atom is 0.0677 e. The molecule has 1 atom stereocenters. The first-order valence-electron chi connectivity index (χ1n) is 6.92. The molecule has 0 radical (unpaired) electrons. The lowest BCUT2D eigenvalue weighted by atomic mass is 9.96. The van der Waals surface area contributed by atoms with Crippen LogP contribution < -0.4 is 5.32 Å². The number of nitrogens with one attached hydrogen (secondary N) is 1. The van der Waals surface area contributed by atoms with Gasteiger partial charge in [-0.15, -0.1) is 11.3 Å². The molecule has 0 aliphatic carbocycles. The van der Waals surface area contributed by atoms with Crippen molar-refractivity contribution in [2.24, 2.45) is 0 Å². The van der Waals surface area contributed by atoms with Crippen molar-refractivity contribution in [2.45, 2.75) is 19.9 Å². The van der Waals surface area contributed by atoms with Crippen LogP contribution in [0, 0.1) is 13.8 Å². The monoisotopic (exact) mass is 281 g/mol. The Morgan fingerprint density at radius 1 is 1.00 bits per heavy atom. The summed E-state index contributed by atoms with van der Waals surface area (Å²) in [5, 5.41) is 6.13. The van der Waals surface area contributed by atoms with Gasteiger partial charge in [0.25, 0.3) is 0 Å². The van der Waals surface area contributed by atoms with E-state index in [1.165, 1.54) is 31.7 Å². The van der Waals surface area contributed by atoms with Gasteiger partial charge in [0.2, 0.25) is 0 Å². The first-order valence-corrected chi connectivity index (χ1v) is 7.74. The summed E-state index contributed by atoms with van der Waals surface area (Å²) in [6, 6.07) is 17.7. The average molecular weight is 281 g/mol. The largest absolute Gasteiger partial charge is 0.309 e. The van der Waals surface area contributed by atoms with Crippen molar-refractivity contribution in [1.29, 1.82) is 0 Å². The molecule has 3 rings (SSSR count). The highest BCUT2D eigenvalue weighted by atomic mass is 32.1. The smallest absolute Gasteiger partial charge is 0.0677 e. The van der Waals surface area contributed by atoms with Gasteiger partial charge in [-0.25, -0.2) is 0 Å². The second kappa shape index (κ2) is 5.39. The molecule has 0 spiro atoms. The molecular formula is C18H19NS. The lowest BCUT2D eigenvalue weighted by Crippen LogP contribution is -2.17. The molecule has 1 nitrogen and oxygen atoms in total. The Balaban J connectivity index is 2.19. The van der Waals surface area contributed by atoms with E-state index in [1.807, 2.05) is 18.4 Å². The first kappa shape index (κ1) is 13.3. The highest BCUT2D eigenvalue weighted by Crippen LogP contribution is 2.34. The van der Waals surface area contributed by atoms with Gasteiger partial charge in [0.1, 0.15) is 0 Å². The van der Waals surface area contributed by atoms with Crippen LogP contribution >= 0.6 is 11.3 Å². The van der Waals surface area contributed by atoms with Crippen molar-refractivity contribution >= 4 is 22.1 Å². The van der Waals surface area contributed by atoms with E-state index in [2.05, 4.69) is 67.7 Å². The van der Waals surface area contributed by atoms with Gasteiger partial charge < -0.3 is 5.32 Å². The lowest BCUT2D eigenvalue weighted by molar-refractivity contribution is 0.705. The molecule has 0 amide bonds. The van der Waals surface area contributed by atoms with E-state index >= 15 is 0 Å². The number of thiophene rings is 1. The molecule has 0 saturated heterocycles. The minimum absolute atomic E-state index is 0.264. The van der Waals surface area contributed by atoms with Gasteiger partial charge in [-0.05, 0) is 48.9 Å². The summed E-state index contributed by atoms with van der Waals surface area (Å²) < 4.78 is 0. The number of benzene rings is 2. The third kappa shape index (κ3) is 2.26. The maximum absolute atomic E-state index is 3.49. The number of hydrogen-bond acceptors (Lipinski definition) is 2. The van der Waals surface area contributed by atoms with Crippen LogP contribution in [0.3, 0.4) is 0 Å². The SMILES string of the molecule is CNC(c1sc(C)cc1C)c1cccc2ccccc12. The van der Waals surface area contributed by atoms with E-state index in [9.17, 15) is 0 Å². The fraction of sp³-hybridized carbons (Fsp3) is 0.222. The lowest BCUT2D eigenvalue weighted by Gasteiger charge is -2.18. The second-order valence-electron chi connectivity index (χ2n) is 5.19. The number of hydrogen-bond donors (Lipinski definition) is 1. The second-order valence-corrected chi connectivity index (χ2v) is 6.48. The van der Waals surface area contributed by atoms with Crippen molar-refractivity contribution in [2.75, 3.05) is 7.05 Å². The van der Waals surface area contributed by atoms with Crippen molar-refractivity contribution < 1.29 is 0 Å². The van der Waals surface area contributed by atoms with Crippen LogP contribution in [-0.2, 0) is 0 Å². The molecular weight excluding hydrogens is 262 g/mol. The van der Waals surface area contributed by atoms with Crippen LogP contribution in [0.25, 0.3) is 10.8 Å². The maximum atomic E-state index is 3.49. The highest BCUT2D eigenvalue weighted by Gasteiger charge is 2.18. The van der Waals surface area contributed by atoms with Crippen molar-refractivity contribution in [1.82, 2.24) is 5.32 Å². The van der Waals surface area contributed by atoms with Gasteiger partial charge in [-0.3, -0.25) is 0 Å². The van der Waals surface area contributed by atoms with Gasteiger partial charge in [0.15, 0.2) is 0 Å². The van der Waals surface area contributed by atoms with Crippen LogP contribution in [0.1, 0.15) is 26.9 Å². The molecule has 1 unspecified atom stereocenters. The molecule has 0 fully saturated rings. The first-order chi connectivity index (χ1) is 9.70. The van der Waals surface area contributed by atoms with Crippen molar-refractivity contribution in [3.8, 4) is 0 Å². The molecule has 0 aliphatic heterocycles. The normalized spacial score (nSPS) is 12.8. The van der Waals surface area contributed by atoms with E-state index in [0.717, 1.165) is 0 Å². The fourth-order valence-electron chi connectivity index (χ4n) is 2.88. The Labute approximate surface area is 124 Å². The summed E-state index contributed by atoms with van der Waals surface area (Å²) in [5.74, 6) is 0. The molecule has 1 heterocycles. The summed E-state index contributed by atoms with van der Waals surface area (Å²) in [7, 11) is 2.04. The van der Waals surface area contributed by atoms with Crippen molar-refractivity contribution in [3.63, 3.8) is 0 Å². The van der Waals surface area contributed by atoms with Gasteiger partial charge in [-0.2, -0.15) is 0 Å². The topological polar surface area (TPSA) is 12.0 Å². The van der Waals surface area contributed by atoms with E-state index in [-0.39, 0.29) is 6.04 Å². The molecule has 20 heavy (non-hydrogen) atoms. The van der Waals surface area contributed by atoms with Crippen LogP contribution in [0.15, 0.2) is 48.5 Å². The van der Waals surface area contributed by atoms with E-state index in [1.54, 1.807) is 0 Å². The van der Waals surface area contributed by atoms with E-state index in [4.69, 9.17) is 0 Å². The summed E-state index contributed by atoms with van der Waals surface area (Å²) in [6.07, 6.45) is 0. The average Bonchev–Trinajstić information content (AvgIpc) is 2.79. The highest BCUT2D eigenvalue weighted by molar-refractivity contribution is 7.12. The molecule has 0 saturated carbocycles. The predicted octanol–water partition coefficient (Wildman–Crippen LogP) is 4.83. The Bertz CT molecular complexity index is 737.